The highest BCUT2D eigenvalue weighted by molar-refractivity contribution is 8.00. The fourth-order valence-corrected chi connectivity index (χ4v) is 6.99. The molecule has 0 unspecified atom stereocenters. The molecular formula is C22H16N4O3S4. The Labute approximate surface area is 202 Å². The summed E-state index contributed by atoms with van der Waals surface area (Å²) in [6.45, 7) is 0. The first kappa shape index (κ1) is 21.8. The van der Waals surface area contributed by atoms with Gasteiger partial charge in [-0.15, -0.1) is 11.3 Å². The van der Waals surface area contributed by atoms with Crippen molar-refractivity contribution >= 4 is 81.6 Å². The Morgan fingerprint density at radius 3 is 2.30 bits per heavy atom. The number of amides is 1. The molecule has 0 aliphatic heterocycles. The molecule has 11 heteroatoms. The van der Waals surface area contributed by atoms with Crippen molar-refractivity contribution in [3.63, 3.8) is 0 Å². The van der Waals surface area contributed by atoms with E-state index in [0.717, 1.165) is 24.8 Å². The normalized spacial score (nSPS) is 11.7. The molecule has 0 atom stereocenters. The van der Waals surface area contributed by atoms with Crippen LogP contribution in [0.1, 0.15) is 10.4 Å². The van der Waals surface area contributed by atoms with Crippen molar-refractivity contribution in [1.29, 1.82) is 0 Å². The van der Waals surface area contributed by atoms with E-state index in [1.165, 1.54) is 23.5 Å². The average Bonchev–Trinajstić information content (AvgIpc) is 3.43. The number of hydrogen-bond acceptors (Lipinski definition) is 8. The molecule has 0 radical (unpaired) electrons. The molecule has 0 saturated carbocycles. The highest BCUT2D eigenvalue weighted by Crippen LogP contribution is 2.38. The van der Waals surface area contributed by atoms with Crippen LogP contribution >= 0.6 is 34.4 Å². The smallest absolute Gasteiger partial charge is 0.261 e. The lowest BCUT2D eigenvalue weighted by atomic mass is 10.2. The average molecular weight is 513 g/mol. The van der Waals surface area contributed by atoms with Crippen LogP contribution in [0.2, 0.25) is 0 Å². The largest absolute Gasteiger partial charge is 0.298 e. The highest BCUT2D eigenvalue weighted by atomic mass is 32.2. The highest BCUT2D eigenvalue weighted by Gasteiger charge is 2.20. The second-order valence-electron chi connectivity index (χ2n) is 6.88. The molecule has 0 fully saturated rings. The van der Waals surface area contributed by atoms with Gasteiger partial charge in [-0.25, -0.2) is 18.4 Å². The summed E-state index contributed by atoms with van der Waals surface area (Å²) in [5.74, 6) is -0.453. The Kier molecular flexibility index (Phi) is 5.79. The van der Waals surface area contributed by atoms with Gasteiger partial charge in [-0.1, -0.05) is 53.4 Å². The first-order valence-corrected chi connectivity index (χ1v) is 14.0. The minimum atomic E-state index is -3.84. The van der Waals surface area contributed by atoms with Crippen LogP contribution < -0.4 is 10.0 Å². The number of carbonyl (C=O) groups is 1. The van der Waals surface area contributed by atoms with Crippen LogP contribution in [-0.2, 0) is 10.0 Å². The molecule has 0 saturated heterocycles. The van der Waals surface area contributed by atoms with Crippen molar-refractivity contribution in [2.45, 2.75) is 9.24 Å². The number of sulfonamides is 1. The van der Waals surface area contributed by atoms with Gasteiger partial charge >= 0.3 is 0 Å². The van der Waals surface area contributed by atoms with Gasteiger partial charge in [0.15, 0.2) is 9.47 Å². The number of carbonyl (C=O) groups excluding carboxylic acids is 1. The quantitative estimate of drug-likeness (QED) is 0.284. The van der Waals surface area contributed by atoms with Gasteiger partial charge in [0.05, 0.1) is 36.6 Å². The lowest BCUT2D eigenvalue weighted by molar-refractivity contribution is 0.102. The van der Waals surface area contributed by atoms with E-state index in [-0.39, 0.29) is 16.1 Å². The number of para-hydroxylation sites is 1. The van der Waals surface area contributed by atoms with Gasteiger partial charge in [0.2, 0.25) is 0 Å². The van der Waals surface area contributed by atoms with E-state index in [0.29, 0.717) is 5.13 Å². The molecule has 5 rings (SSSR count). The van der Waals surface area contributed by atoms with Gasteiger partial charge in [-0.2, -0.15) is 0 Å². The Balaban J connectivity index is 1.44. The summed E-state index contributed by atoms with van der Waals surface area (Å²) >= 11 is 4.55. The van der Waals surface area contributed by atoms with Crippen LogP contribution in [0, 0.1) is 0 Å². The summed E-state index contributed by atoms with van der Waals surface area (Å²) in [6, 6.07) is 18.3. The molecular weight excluding hydrogens is 497 g/mol. The molecule has 166 valence electrons. The maximum Gasteiger partial charge on any atom is 0.261 e. The number of hydrogen-bond donors (Lipinski definition) is 2. The van der Waals surface area contributed by atoms with E-state index in [4.69, 9.17) is 0 Å². The zero-order valence-corrected chi connectivity index (χ0v) is 20.4. The Morgan fingerprint density at radius 1 is 0.879 bits per heavy atom. The Hall–Kier alpha value is -2.99. The van der Waals surface area contributed by atoms with Crippen molar-refractivity contribution < 1.29 is 13.2 Å². The number of anilines is 2. The van der Waals surface area contributed by atoms with Crippen LogP contribution in [0.25, 0.3) is 20.4 Å². The third-order valence-electron chi connectivity index (χ3n) is 4.76. The molecule has 0 spiro atoms. The lowest BCUT2D eigenvalue weighted by Crippen LogP contribution is -2.18. The second kappa shape index (κ2) is 8.75. The van der Waals surface area contributed by atoms with Crippen molar-refractivity contribution in [1.82, 2.24) is 9.97 Å². The van der Waals surface area contributed by atoms with Crippen molar-refractivity contribution in [3.8, 4) is 0 Å². The zero-order chi connectivity index (χ0) is 23.0. The molecule has 0 aliphatic carbocycles. The van der Waals surface area contributed by atoms with E-state index in [1.54, 1.807) is 65.6 Å². The predicted octanol–water partition coefficient (Wildman–Crippen LogP) is 5.68. The number of thiazole rings is 2. The van der Waals surface area contributed by atoms with Crippen molar-refractivity contribution in [3.05, 3.63) is 72.3 Å². The Morgan fingerprint density at radius 2 is 1.55 bits per heavy atom. The summed E-state index contributed by atoms with van der Waals surface area (Å²) in [6.07, 6.45) is 1.98. The molecule has 3 aromatic carbocycles. The van der Waals surface area contributed by atoms with Gasteiger partial charge < -0.3 is 0 Å². The zero-order valence-electron chi connectivity index (χ0n) is 17.1. The standard InChI is InChI=1S/C22H16N4O3S4/c1-30-22-24-17-12-11-16-18(19(17)32-22)31-21(23-16)25-20(27)14-9-5-6-10-15(14)26-33(28,29)13-7-3-2-4-8-13/h2-12,26H,1H3,(H,23,25,27). The molecule has 1 amide bonds. The number of aromatic nitrogens is 2. The second-order valence-corrected chi connectivity index (χ2v) is 11.6. The minimum absolute atomic E-state index is 0.115. The van der Waals surface area contributed by atoms with Crippen LogP contribution in [0.3, 0.4) is 0 Å². The Bertz CT molecular complexity index is 1590. The van der Waals surface area contributed by atoms with E-state index < -0.39 is 15.9 Å². The summed E-state index contributed by atoms with van der Waals surface area (Å²) in [7, 11) is -3.84. The fourth-order valence-electron chi connectivity index (χ4n) is 3.23. The maximum atomic E-state index is 13.1. The number of nitrogens with zero attached hydrogens (tertiary/aromatic N) is 2. The van der Waals surface area contributed by atoms with Crippen LogP contribution in [-0.4, -0.2) is 30.5 Å². The van der Waals surface area contributed by atoms with Crippen molar-refractivity contribution in [2.24, 2.45) is 0 Å². The van der Waals surface area contributed by atoms with E-state index in [1.807, 2.05) is 18.4 Å². The van der Waals surface area contributed by atoms with Gasteiger partial charge in [0, 0.05) is 0 Å². The first-order valence-electron chi connectivity index (χ1n) is 9.67. The summed E-state index contributed by atoms with van der Waals surface area (Å²) in [4.78, 5) is 22.3. The molecule has 7 nitrogen and oxygen atoms in total. The number of thioether (sulfide) groups is 1. The molecule has 33 heavy (non-hydrogen) atoms. The monoisotopic (exact) mass is 512 g/mol. The lowest BCUT2D eigenvalue weighted by Gasteiger charge is -2.12. The molecule has 0 aliphatic rings. The van der Waals surface area contributed by atoms with E-state index >= 15 is 0 Å². The minimum Gasteiger partial charge on any atom is -0.298 e. The summed E-state index contributed by atoms with van der Waals surface area (Å²) in [5.41, 5.74) is 2.06. The van der Waals surface area contributed by atoms with Gasteiger partial charge in [-0.3, -0.25) is 14.8 Å². The topological polar surface area (TPSA) is 101 Å². The van der Waals surface area contributed by atoms with Crippen LogP contribution in [0.15, 0.2) is 76.0 Å². The number of fused-ring (bicyclic) bond motifs is 3. The van der Waals surface area contributed by atoms with Crippen molar-refractivity contribution in [2.75, 3.05) is 16.3 Å². The molecule has 2 aromatic heterocycles. The van der Waals surface area contributed by atoms with E-state index in [2.05, 4.69) is 20.0 Å². The van der Waals surface area contributed by atoms with Crippen LogP contribution in [0.4, 0.5) is 10.8 Å². The molecule has 2 heterocycles. The number of rotatable bonds is 6. The van der Waals surface area contributed by atoms with Crippen LogP contribution in [0.5, 0.6) is 0 Å². The third kappa shape index (κ3) is 4.32. The van der Waals surface area contributed by atoms with Gasteiger partial charge in [0.1, 0.15) is 0 Å². The first-order chi connectivity index (χ1) is 15.9. The SMILES string of the molecule is CSc1nc2ccc3nc(NC(=O)c4ccccc4NS(=O)(=O)c4ccccc4)sc3c2s1. The van der Waals surface area contributed by atoms with Gasteiger partial charge in [-0.05, 0) is 42.7 Å². The maximum absolute atomic E-state index is 13.1. The number of benzene rings is 3. The third-order valence-corrected chi connectivity index (χ3v) is 9.35. The number of nitrogens with one attached hydrogen (secondary N) is 2. The fraction of sp³-hybridized carbons (Fsp3) is 0.0455. The molecule has 2 N–H and O–H groups in total. The summed E-state index contributed by atoms with van der Waals surface area (Å²) in [5, 5.41) is 3.24. The van der Waals surface area contributed by atoms with Gasteiger partial charge in [0.25, 0.3) is 15.9 Å². The molecule has 0 bridgehead atoms. The molecule has 5 aromatic rings. The summed E-state index contributed by atoms with van der Waals surface area (Å²) < 4.78 is 31.0. The van der Waals surface area contributed by atoms with E-state index in [9.17, 15) is 13.2 Å². The predicted molar refractivity (Wildman–Crippen MR) is 136 cm³/mol.